The predicted molar refractivity (Wildman–Crippen MR) is 92.8 cm³/mol. The molecule has 24 heavy (non-hydrogen) atoms. The molecule has 0 bridgehead atoms. The fourth-order valence-electron chi connectivity index (χ4n) is 2.82. The molecule has 7 heteroatoms. The zero-order valence-corrected chi connectivity index (χ0v) is 14.5. The maximum atomic E-state index is 4.70. The van der Waals surface area contributed by atoms with E-state index in [0.717, 1.165) is 41.9 Å². The second-order valence-electron chi connectivity index (χ2n) is 5.74. The predicted octanol–water partition coefficient (Wildman–Crippen LogP) is 2.65. The number of hydrogen-bond donors (Lipinski definition) is 0. The summed E-state index contributed by atoms with van der Waals surface area (Å²) in [5.41, 5.74) is 4.37. The minimum absolute atomic E-state index is 0.694. The molecule has 120 valence electrons. The summed E-state index contributed by atoms with van der Waals surface area (Å²) in [6.07, 6.45) is 9.75. The number of rotatable bonds is 3. The Morgan fingerprint density at radius 1 is 1.04 bits per heavy atom. The Morgan fingerprint density at radius 2 is 1.92 bits per heavy atom. The van der Waals surface area contributed by atoms with Crippen molar-refractivity contribution in [1.29, 1.82) is 0 Å². The molecule has 0 saturated carbocycles. The number of pyridine rings is 1. The third kappa shape index (κ3) is 3.32. The molecule has 0 fully saturated rings. The van der Waals surface area contributed by atoms with Crippen molar-refractivity contribution in [2.75, 3.05) is 6.54 Å². The van der Waals surface area contributed by atoms with Crippen LogP contribution < -0.4 is 0 Å². The van der Waals surface area contributed by atoms with E-state index in [9.17, 15) is 0 Å². The van der Waals surface area contributed by atoms with Crippen molar-refractivity contribution in [3.05, 3.63) is 64.7 Å². The maximum Gasteiger partial charge on any atom is 0.162 e. The van der Waals surface area contributed by atoms with Gasteiger partial charge in [-0.1, -0.05) is 6.07 Å². The van der Waals surface area contributed by atoms with E-state index in [-0.39, 0.29) is 0 Å². The van der Waals surface area contributed by atoms with E-state index in [1.165, 1.54) is 17.5 Å². The molecule has 0 radical (unpaired) electrons. The van der Waals surface area contributed by atoms with Crippen LogP contribution in [0.15, 0.2) is 47.9 Å². The number of fused-ring (bicyclic) bond motifs is 1. The number of halogens is 1. The van der Waals surface area contributed by atoms with Gasteiger partial charge in [0.25, 0.3) is 0 Å². The van der Waals surface area contributed by atoms with Crippen LogP contribution in [0, 0.1) is 0 Å². The second kappa shape index (κ2) is 6.70. The van der Waals surface area contributed by atoms with E-state index in [2.05, 4.69) is 46.8 Å². The molecule has 0 N–H and O–H groups in total. The molecule has 0 atom stereocenters. The molecule has 6 nitrogen and oxygen atoms in total. The molecular formula is C17H15BrN6. The maximum absolute atomic E-state index is 4.70. The SMILES string of the molecule is Brc1ccc(CN2CCc3nc(-c4cncnc4)ncc3C2)cn1. The zero-order chi connectivity index (χ0) is 16.4. The van der Waals surface area contributed by atoms with Gasteiger partial charge in [0, 0.05) is 56.4 Å². The minimum atomic E-state index is 0.694. The summed E-state index contributed by atoms with van der Waals surface area (Å²) in [6.45, 7) is 2.72. The quantitative estimate of drug-likeness (QED) is 0.648. The van der Waals surface area contributed by atoms with Gasteiger partial charge in [0.2, 0.25) is 0 Å². The first-order valence-corrected chi connectivity index (χ1v) is 8.50. The Kier molecular flexibility index (Phi) is 4.27. The van der Waals surface area contributed by atoms with Crippen molar-refractivity contribution >= 4 is 15.9 Å². The summed E-state index contributed by atoms with van der Waals surface area (Å²) >= 11 is 3.37. The Balaban J connectivity index is 1.50. The van der Waals surface area contributed by atoms with Crippen LogP contribution in [-0.4, -0.2) is 36.4 Å². The van der Waals surface area contributed by atoms with Gasteiger partial charge in [0.1, 0.15) is 10.9 Å². The zero-order valence-electron chi connectivity index (χ0n) is 12.9. The molecule has 0 aromatic carbocycles. The van der Waals surface area contributed by atoms with Crippen LogP contribution >= 0.6 is 15.9 Å². The Bertz CT molecular complexity index is 837. The van der Waals surface area contributed by atoms with Gasteiger partial charge in [-0.25, -0.2) is 24.9 Å². The van der Waals surface area contributed by atoms with Gasteiger partial charge in [0.15, 0.2) is 5.82 Å². The molecule has 3 aromatic heterocycles. The lowest BCUT2D eigenvalue weighted by Crippen LogP contribution is -2.31. The lowest BCUT2D eigenvalue weighted by molar-refractivity contribution is 0.242. The summed E-state index contributed by atoms with van der Waals surface area (Å²) in [7, 11) is 0. The van der Waals surface area contributed by atoms with Crippen molar-refractivity contribution in [3.8, 4) is 11.4 Å². The molecule has 0 spiro atoms. The van der Waals surface area contributed by atoms with Gasteiger partial charge in [0.05, 0.1) is 11.3 Å². The van der Waals surface area contributed by atoms with E-state index < -0.39 is 0 Å². The van der Waals surface area contributed by atoms with Crippen molar-refractivity contribution in [2.45, 2.75) is 19.5 Å². The van der Waals surface area contributed by atoms with Crippen molar-refractivity contribution in [3.63, 3.8) is 0 Å². The van der Waals surface area contributed by atoms with Gasteiger partial charge in [-0.2, -0.15) is 0 Å². The molecule has 3 aromatic rings. The Hall–Kier alpha value is -2.25. The summed E-state index contributed by atoms with van der Waals surface area (Å²) in [5, 5.41) is 0. The van der Waals surface area contributed by atoms with Gasteiger partial charge in [-0.3, -0.25) is 4.90 Å². The first kappa shape index (κ1) is 15.3. The summed E-state index contributed by atoms with van der Waals surface area (Å²) in [4.78, 5) is 23.9. The Morgan fingerprint density at radius 3 is 2.71 bits per heavy atom. The second-order valence-corrected chi connectivity index (χ2v) is 6.55. The summed E-state index contributed by atoms with van der Waals surface area (Å²) in [5.74, 6) is 0.694. The number of nitrogens with zero attached hydrogens (tertiary/aromatic N) is 6. The number of hydrogen-bond acceptors (Lipinski definition) is 6. The van der Waals surface area contributed by atoms with E-state index >= 15 is 0 Å². The molecule has 1 aliphatic heterocycles. The third-order valence-electron chi connectivity index (χ3n) is 4.03. The first-order valence-electron chi connectivity index (χ1n) is 7.71. The minimum Gasteiger partial charge on any atom is -0.294 e. The van der Waals surface area contributed by atoms with Gasteiger partial charge >= 0.3 is 0 Å². The highest BCUT2D eigenvalue weighted by atomic mass is 79.9. The van der Waals surface area contributed by atoms with Crippen molar-refractivity contribution in [1.82, 2.24) is 29.8 Å². The summed E-state index contributed by atoms with van der Waals surface area (Å²) in [6, 6.07) is 4.08. The van der Waals surface area contributed by atoms with E-state index in [0.29, 0.717) is 5.82 Å². The van der Waals surface area contributed by atoms with E-state index in [4.69, 9.17) is 4.98 Å². The lowest BCUT2D eigenvalue weighted by Gasteiger charge is -2.28. The molecule has 0 aliphatic carbocycles. The van der Waals surface area contributed by atoms with Crippen LogP contribution in [-0.2, 0) is 19.5 Å². The van der Waals surface area contributed by atoms with Crippen molar-refractivity contribution in [2.24, 2.45) is 0 Å². The van der Waals surface area contributed by atoms with Crippen LogP contribution in [0.1, 0.15) is 16.8 Å². The largest absolute Gasteiger partial charge is 0.294 e. The van der Waals surface area contributed by atoms with E-state index in [1.54, 1.807) is 12.4 Å². The average molecular weight is 383 g/mol. The van der Waals surface area contributed by atoms with Crippen LogP contribution in [0.2, 0.25) is 0 Å². The highest BCUT2D eigenvalue weighted by molar-refractivity contribution is 9.10. The number of aromatic nitrogens is 5. The molecule has 0 amide bonds. The molecule has 4 rings (SSSR count). The first-order chi connectivity index (χ1) is 11.8. The normalized spacial score (nSPS) is 14.4. The fraction of sp³-hybridized carbons (Fsp3) is 0.235. The van der Waals surface area contributed by atoms with Crippen LogP contribution in [0.25, 0.3) is 11.4 Å². The van der Waals surface area contributed by atoms with Crippen LogP contribution in [0.5, 0.6) is 0 Å². The van der Waals surface area contributed by atoms with Crippen molar-refractivity contribution < 1.29 is 0 Å². The topological polar surface area (TPSA) is 67.7 Å². The van der Waals surface area contributed by atoms with Crippen LogP contribution in [0.4, 0.5) is 0 Å². The van der Waals surface area contributed by atoms with Crippen LogP contribution in [0.3, 0.4) is 0 Å². The molecule has 1 aliphatic rings. The smallest absolute Gasteiger partial charge is 0.162 e. The lowest BCUT2D eigenvalue weighted by atomic mass is 10.1. The monoisotopic (exact) mass is 382 g/mol. The fourth-order valence-corrected chi connectivity index (χ4v) is 3.06. The molecule has 4 heterocycles. The van der Waals surface area contributed by atoms with Gasteiger partial charge in [-0.05, 0) is 27.6 Å². The standard InChI is InChI=1S/C17H15BrN6/c18-16-2-1-12(5-21-16)9-24-4-3-15-14(10-24)8-22-17(23-15)13-6-19-11-20-7-13/h1-2,5-8,11H,3-4,9-10H2. The van der Waals surface area contributed by atoms with Gasteiger partial charge in [-0.15, -0.1) is 0 Å². The van der Waals surface area contributed by atoms with Gasteiger partial charge < -0.3 is 0 Å². The summed E-state index contributed by atoms with van der Waals surface area (Å²) < 4.78 is 0.862. The molecular weight excluding hydrogens is 368 g/mol. The Labute approximate surface area is 148 Å². The highest BCUT2D eigenvalue weighted by Gasteiger charge is 2.19. The molecule has 0 saturated heterocycles. The van der Waals surface area contributed by atoms with E-state index in [1.807, 2.05) is 18.5 Å². The average Bonchev–Trinajstić information content (AvgIpc) is 2.64. The highest BCUT2D eigenvalue weighted by Crippen LogP contribution is 2.21. The molecule has 0 unspecified atom stereocenters. The third-order valence-corrected chi connectivity index (χ3v) is 4.50.